The Morgan fingerprint density at radius 3 is 2.75 bits per heavy atom. The molecule has 0 unspecified atom stereocenters. The maximum Gasteiger partial charge on any atom is 0.311 e. The molecular weight excluding hydrogens is 184 g/mol. The third kappa shape index (κ3) is 1.99. The van der Waals surface area contributed by atoms with Crippen LogP contribution in [0.3, 0.4) is 0 Å². The summed E-state index contributed by atoms with van der Waals surface area (Å²) in [6.07, 6.45) is -0.223. The van der Waals surface area contributed by atoms with E-state index in [1.54, 1.807) is 0 Å². The summed E-state index contributed by atoms with van der Waals surface area (Å²) < 4.78 is 4.84. The fourth-order valence-corrected chi connectivity index (χ4v) is 1.02. The average Bonchev–Trinajstić information content (AvgIpc) is 2.29. The third-order valence-electron chi connectivity index (χ3n) is 1.30. The number of aliphatic hydroxyl groups excluding tert-OH is 1. The summed E-state index contributed by atoms with van der Waals surface area (Å²) in [6.45, 7) is -0.248. The summed E-state index contributed by atoms with van der Waals surface area (Å²) in [5, 5.41) is 17.1. The zero-order chi connectivity index (χ0) is 9.14. The van der Waals surface area contributed by atoms with Gasteiger partial charge in [-0.05, 0) is 17.7 Å². The zero-order valence-electron chi connectivity index (χ0n) is 6.08. The predicted octanol–water partition coefficient (Wildman–Crippen LogP) is 1.05. The molecule has 2 N–H and O–H groups in total. The van der Waals surface area contributed by atoms with Gasteiger partial charge in [-0.25, -0.2) is 0 Å². The lowest BCUT2D eigenvalue weighted by molar-refractivity contribution is -0.136. The van der Waals surface area contributed by atoms with Crippen molar-refractivity contribution in [2.24, 2.45) is 0 Å². The highest BCUT2D eigenvalue weighted by atomic mass is 35.5. The highest BCUT2D eigenvalue weighted by molar-refractivity contribution is 6.29. The van der Waals surface area contributed by atoms with Crippen molar-refractivity contribution in [3.8, 4) is 0 Å². The van der Waals surface area contributed by atoms with Gasteiger partial charge in [-0.15, -0.1) is 0 Å². The molecule has 5 heteroatoms. The van der Waals surface area contributed by atoms with Crippen LogP contribution in [-0.2, 0) is 17.8 Å². The number of carbonyl (C=O) groups is 1. The molecule has 1 rings (SSSR count). The Balaban J connectivity index is 2.82. The molecule has 1 heterocycles. The van der Waals surface area contributed by atoms with E-state index in [9.17, 15) is 4.79 Å². The second kappa shape index (κ2) is 3.60. The number of aliphatic hydroxyl groups is 1. The fraction of sp³-hybridized carbons (Fsp3) is 0.286. The molecule has 0 saturated heterocycles. The van der Waals surface area contributed by atoms with Crippen LogP contribution >= 0.6 is 11.6 Å². The lowest BCUT2D eigenvalue weighted by Crippen LogP contribution is -1.97. The van der Waals surface area contributed by atoms with Crippen LogP contribution in [0.5, 0.6) is 0 Å². The minimum atomic E-state index is -0.995. The maximum atomic E-state index is 10.2. The molecule has 1 aromatic heterocycles. The zero-order valence-corrected chi connectivity index (χ0v) is 6.84. The molecule has 0 atom stereocenters. The van der Waals surface area contributed by atoms with E-state index in [-0.39, 0.29) is 24.0 Å². The van der Waals surface area contributed by atoms with Crippen molar-refractivity contribution in [3.05, 3.63) is 22.6 Å². The highest BCUT2D eigenvalue weighted by Gasteiger charge is 2.10. The van der Waals surface area contributed by atoms with Crippen LogP contribution in [0.1, 0.15) is 11.3 Å². The molecule has 0 aliphatic heterocycles. The molecule has 12 heavy (non-hydrogen) atoms. The van der Waals surface area contributed by atoms with Crippen LogP contribution in [0.25, 0.3) is 0 Å². The number of carboxylic acid groups (broad SMARTS) is 1. The summed E-state index contributed by atoms with van der Waals surface area (Å²) >= 11 is 5.51. The predicted molar refractivity (Wildman–Crippen MR) is 41.0 cm³/mol. The van der Waals surface area contributed by atoms with Crippen molar-refractivity contribution in [3.63, 3.8) is 0 Å². The Labute approximate surface area is 73.4 Å². The summed E-state index contributed by atoms with van der Waals surface area (Å²) in [7, 11) is 0. The quantitative estimate of drug-likeness (QED) is 0.748. The number of carboxylic acids is 1. The van der Waals surface area contributed by atoms with Crippen LogP contribution in [0.2, 0.25) is 5.22 Å². The molecule has 0 fully saturated rings. The molecule has 0 aromatic carbocycles. The van der Waals surface area contributed by atoms with Gasteiger partial charge in [0.25, 0.3) is 0 Å². The molecule has 0 bridgehead atoms. The molecule has 4 nitrogen and oxygen atoms in total. The smallest absolute Gasteiger partial charge is 0.311 e. The largest absolute Gasteiger partial charge is 0.481 e. The first-order valence-corrected chi connectivity index (χ1v) is 3.61. The van der Waals surface area contributed by atoms with Crippen LogP contribution in [-0.4, -0.2) is 16.2 Å². The first-order valence-electron chi connectivity index (χ1n) is 3.23. The molecule has 0 aliphatic carbocycles. The molecule has 0 spiro atoms. The minimum Gasteiger partial charge on any atom is -0.481 e. The normalized spacial score (nSPS) is 10.2. The first-order chi connectivity index (χ1) is 5.63. The van der Waals surface area contributed by atoms with Crippen molar-refractivity contribution in [2.45, 2.75) is 13.0 Å². The first kappa shape index (κ1) is 9.09. The number of halogens is 1. The van der Waals surface area contributed by atoms with Crippen LogP contribution in [0.4, 0.5) is 0 Å². The van der Waals surface area contributed by atoms with Gasteiger partial charge in [0, 0.05) is 5.56 Å². The maximum absolute atomic E-state index is 10.2. The number of furan rings is 1. The Kier molecular flexibility index (Phi) is 2.73. The van der Waals surface area contributed by atoms with E-state index < -0.39 is 5.97 Å². The lowest BCUT2D eigenvalue weighted by Gasteiger charge is -1.86. The average molecular weight is 191 g/mol. The molecule has 0 radical (unpaired) electrons. The Bertz CT molecular complexity index is 292. The van der Waals surface area contributed by atoms with Gasteiger partial charge in [-0.1, -0.05) is 0 Å². The van der Waals surface area contributed by atoms with Gasteiger partial charge in [0.15, 0.2) is 5.22 Å². The summed E-state index contributed by atoms with van der Waals surface area (Å²) in [6, 6.07) is 1.43. The second-order valence-electron chi connectivity index (χ2n) is 2.24. The van der Waals surface area contributed by atoms with E-state index in [1.165, 1.54) is 6.07 Å². The molecule has 1 aromatic rings. The second-order valence-corrected chi connectivity index (χ2v) is 2.58. The fourth-order valence-electron chi connectivity index (χ4n) is 0.805. The van der Waals surface area contributed by atoms with Gasteiger partial charge in [-0.3, -0.25) is 4.79 Å². The van der Waals surface area contributed by atoms with Crippen LogP contribution in [0, 0.1) is 0 Å². The molecule has 66 valence electrons. The van der Waals surface area contributed by atoms with Crippen LogP contribution in [0.15, 0.2) is 10.5 Å². The number of aliphatic carboxylic acids is 1. The van der Waals surface area contributed by atoms with Crippen molar-refractivity contribution < 1.29 is 19.4 Å². The van der Waals surface area contributed by atoms with E-state index in [2.05, 4.69) is 0 Å². The Morgan fingerprint density at radius 2 is 2.33 bits per heavy atom. The monoisotopic (exact) mass is 190 g/mol. The highest BCUT2D eigenvalue weighted by Crippen LogP contribution is 2.21. The van der Waals surface area contributed by atoms with Crippen LogP contribution < -0.4 is 0 Å². The lowest BCUT2D eigenvalue weighted by atomic mass is 10.3. The van der Waals surface area contributed by atoms with Gasteiger partial charge in [0.1, 0.15) is 12.2 Å². The summed E-state index contributed by atoms with van der Waals surface area (Å²) in [4.78, 5) is 10.2. The minimum absolute atomic E-state index is 0.0498. The standard InChI is InChI=1S/C7H7ClO4/c8-7-4(3-9)1-5(12-7)2-6(10)11/h1,9H,2-3H2,(H,10,11). The van der Waals surface area contributed by atoms with Crippen molar-refractivity contribution >= 4 is 17.6 Å². The van der Waals surface area contributed by atoms with Crippen molar-refractivity contribution in [1.29, 1.82) is 0 Å². The molecule has 0 saturated carbocycles. The van der Waals surface area contributed by atoms with E-state index in [4.69, 9.17) is 26.2 Å². The van der Waals surface area contributed by atoms with E-state index in [0.29, 0.717) is 5.56 Å². The Hall–Kier alpha value is -1.00. The van der Waals surface area contributed by atoms with Gasteiger partial charge in [0.05, 0.1) is 6.61 Å². The molecule has 0 amide bonds. The van der Waals surface area contributed by atoms with Crippen molar-refractivity contribution in [2.75, 3.05) is 0 Å². The topological polar surface area (TPSA) is 70.7 Å². The van der Waals surface area contributed by atoms with E-state index in [0.717, 1.165) is 0 Å². The summed E-state index contributed by atoms with van der Waals surface area (Å²) in [5.74, 6) is -0.749. The van der Waals surface area contributed by atoms with E-state index >= 15 is 0 Å². The summed E-state index contributed by atoms with van der Waals surface area (Å²) in [5.41, 5.74) is 0.410. The SMILES string of the molecule is O=C(O)Cc1cc(CO)c(Cl)o1. The van der Waals surface area contributed by atoms with Gasteiger partial charge in [-0.2, -0.15) is 0 Å². The van der Waals surface area contributed by atoms with Gasteiger partial charge < -0.3 is 14.6 Å². The molecular formula is C7H7ClO4. The number of rotatable bonds is 3. The number of hydrogen-bond acceptors (Lipinski definition) is 3. The number of hydrogen-bond donors (Lipinski definition) is 2. The Morgan fingerprint density at radius 1 is 1.67 bits per heavy atom. The van der Waals surface area contributed by atoms with Gasteiger partial charge in [0.2, 0.25) is 0 Å². The third-order valence-corrected chi connectivity index (χ3v) is 1.62. The molecule has 0 aliphatic rings. The van der Waals surface area contributed by atoms with E-state index in [1.807, 2.05) is 0 Å². The van der Waals surface area contributed by atoms with Crippen molar-refractivity contribution in [1.82, 2.24) is 0 Å². The van der Waals surface area contributed by atoms with Gasteiger partial charge >= 0.3 is 5.97 Å².